The van der Waals surface area contributed by atoms with E-state index in [1.54, 1.807) is 30.3 Å². The number of benzene rings is 2. The molecule has 22 heavy (non-hydrogen) atoms. The monoisotopic (exact) mass is 295 g/mol. The molecule has 2 rings (SSSR count). The molecule has 0 N–H and O–H groups in total. The smallest absolute Gasteiger partial charge is 0.312 e. The second-order valence-electron chi connectivity index (χ2n) is 4.12. The fourth-order valence-corrected chi connectivity index (χ4v) is 1.75. The highest BCUT2D eigenvalue weighted by Crippen LogP contribution is 2.34. The Morgan fingerprint density at radius 3 is 2.09 bits per heavy atom. The molecule has 0 aliphatic rings. The molecule has 0 amide bonds. The van der Waals surface area contributed by atoms with E-state index in [2.05, 4.69) is 0 Å². The lowest BCUT2D eigenvalue weighted by molar-refractivity contribution is -0.385. The maximum atomic E-state index is 11.1. The van der Waals surface area contributed by atoms with Crippen LogP contribution in [0.15, 0.2) is 36.4 Å². The number of rotatable bonds is 4. The average molecular weight is 295 g/mol. The standard InChI is InChI=1S/C15H9N3O4/c1-21-12-2-4-13(5-3-12)22-15-7-11(9-17)10(8-16)6-14(15)18(19)20/h2-7H,1H3. The van der Waals surface area contributed by atoms with E-state index >= 15 is 0 Å². The van der Waals surface area contributed by atoms with Gasteiger partial charge in [0.15, 0.2) is 0 Å². The third kappa shape index (κ3) is 2.94. The number of hydrogen-bond acceptors (Lipinski definition) is 6. The SMILES string of the molecule is COc1ccc(Oc2cc(C#N)c(C#N)cc2[N+](=O)[O-])cc1. The van der Waals surface area contributed by atoms with Crippen LogP contribution in [0.4, 0.5) is 5.69 Å². The van der Waals surface area contributed by atoms with Gasteiger partial charge < -0.3 is 9.47 Å². The number of methoxy groups -OCH3 is 1. The number of hydrogen-bond donors (Lipinski definition) is 0. The predicted molar refractivity (Wildman–Crippen MR) is 75.6 cm³/mol. The fraction of sp³-hybridized carbons (Fsp3) is 0.0667. The van der Waals surface area contributed by atoms with Gasteiger partial charge in [0, 0.05) is 12.1 Å². The highest BCUT2D eigenvalue weighted by atomic mass is 16.6. The van der Waals surface area contributed by atoms with Crippen LogP contribution < -0.4 is 9.47 Å². The van der Waals surface area contributed by atoms with E-state index in [1.165, 1.54) is 13.2 Å². The Balaban J connectivity index is 2.46. The molecular formula is C15H9N3O4. The first-order valence-electron chi connectivity index (χ1n) is 6.03. The van der Waals surface area contributed by atoms with Crippen LogP contribution in [-0.4, -0.2) is 12.0 Å². The van der Waals surface area contributed by atoms with E-state index < -0.39 is 4.92 Å². The zero-order chi connectivity index (χ0) is 16.1. The van der Waals surface area contributed by atoms with Crippen molar-refractivity contribution in [1.82, 2.24) is 0 Å². The van der Waals surface area contributed by atoms with Crippen LogP contribution in [0.3, 0.4) is 0 Å². The molecule has 0 bridgehead atoms. The third-order valence-corrected chi connectivity index (χ3v) is 2.82. The first kappa shape index (κ1) is 14.8. The summed E-state index contributed by atoms with van der Waals surface area (Å²) < 4.78 is 10.5. The highest BCUT2D eigenvalue weighted by molar-refractivity contribution is 5.60. The van der Waals surface area contributed by atoms with E-state index in [9.17, 15) is 10.1 Å². The van der Waals surface area contributed by atoms with E-state index in [1.807, 2.05) is 6.07 Å². The van der Waals surface area contributed by atoms with Crippen LogP contribution >= 0.6 is 0 Å². The second-order valence-corrected chi connectivity index (χ2v) is 4.12. The lowest BCUT2D eigenvalue weighted by atomic mass is 10.1. The second kappa shape index (κ2) is 6.25. The van der Waals surface area contributed by atoms with Crippen LogP contribution in [0.25, 0.3) is 0 Å². The van der Waals surface area contributed by atoms with Crippen molar-refractivity contribution in [3.05, 3.63) is 57.6 Å². The minimum absolute atomic E-state index is 0.0108. The maximum absolute atomic E-state index is 11.1. The van der Waals surface area contributed by atoms with Crippen molar-refractivity contribution in [2.45, 2.75) is 0 Å². The van der Waals surface area contributed by atoms with Gasteiger partial charge in [-0.25, -0.2) is 0 Å². The molecule has 108 valence electrons. The van der Waals surface area contributed by atoms with Crippen LogP contribution in [-0.2, 0) is 0 Å². The first-order chi connectivity index (χ1) is 10.6. The van der Waals surface area contributed by atoms with Gasteiger partial charge in [-0.3, -0.25) is 10.1 Å². The number of nitriles is 2. The zero-order valence-electron chi connectivity index (χ0n) is 11.4. The summed E-state index contributed by atoms with van der Waals surface area (Å²) in [5.41, 5.74) is -0.445. The van der Waals surface area contributed by atoms with Crippen molar-refractivity contribution < 1.29 is 14.4 Å². The van der Waals surface area contributed by atoms with Crippen LogP contribution in [0, 0.1) is 32.8 Å². The number of nitro benzene ring substituents is 1. The van der Waals surface area contributed by atoms with Gasteiger partial charge in [-0.1, -0.05) is 0 Å². The van der Waals surface area contributed by atoms with E-state index in [0.29, 0.717) is 11.5 Å². The molecule has 0 saturated carbocycles. The first-order valence-corrected chi connectivity index (χ1v) is 6.03. The highest BCUT2D eigenvalue weighted by Gasteiger charge is 2.20. The molecule has 0 unspecified atom stereocenters. The molecule has 0 aliphatic carbocycles. The van der Waals surface area contributed by atoms with Crippen molar-refractivity contribution in [3.8, 4) is 29.4 Å². The van der Waals surface area contributed by atoms with Gasteiger partial charge in [0.2, 0.25) is 5.75 Å². The van der Waals surface area contributed by atoms with Gasteiger partial charge in [-0.05, 0) is 24.3 Å². The zero-order valence-corrected chi connectivity index (χ0v) is 11.4. The fourth-order valence-electron chi connectivity index (χ4n) is 1.75. The largest absolute Gasteiger partial charge is 0.497 e. The number of nitrogens with zero attached hydrogens (tertiary/aromatic N) is 3. The van der Waals surface area contributed by atoms with Crippen molar-refractivity contribution in [1.29, 1.82) is 10.5 Å². The van der Waals surface area contributed by atoms with Gasteiger partial charge in [-0.2, -0.15) is 10.5 Å². The normalized spacial score (nSPS) is 9.41. The summed E-state index contributed by atoms with van der Waals surface area (Å²) in [6.45, 7) is 0. The molecule has 0 atom stereocenters. The molecule has 7 nitrogen and oxygen atoms in total. The molecule has 2 aromatic rings. The van der Waals surface area contributed by atoms with E-state index in [0.717, 1.165) is 6.07 Å². The Morgan fingerprint density at radius 1 is 1.05 bits per heavy atom. The summed E-state index contributed by atoms with van der Waals surface area (Å²) >= 11 is 0. The molecule has 0 heterocycles. The molecule has 0 aromatic heterocycles. The lowest BCUT2D eigenvalue weighted by Crippen LogP contribution is -1.96. The lowest BCUT2D eigenvalue weighted by Gasteiger charge is -2.08. The van der Waals surface area contributed by atoms with Crippen molar-refractivity contribution in [3.63, 3.8) is 0 Å². The van der Waals surface area contributed by atoms with E-state index in [4.69, 9.17) is 20.0 Å². The van der Waals surface area contributed by atoms with E-state index in [-0.39, 0.29) is 22.6 Å². The summed E-state index contributed by atoms with van der Waals surface area (Å²) in [4.78, 5) is 10.4. The summed E-state index contributed by atoms with van der Waals surface area (Å²) in [6.07, 6.45) is 0. The molecule has 7 heteroatoms. The number of nitro groups is 1. The molecule has 0 fully saturated rings. The Bertz CT molecular complexity index is 801. The maximum Gasteiger partial charge on any atom is 0.312 e. The average Bonchev–Trinajstić information content (AvgIpc) is 2.54. The molecule has 0 aliphatic heterocycles. The number of ether oxygens (including phenoxy) is 2. The summed E-state index contributed by atoms with van der Waals surface area (Å²) in [5, 5.41) is 29.0. The quantitative estimate of drug-likeness (QED) is 0.633. The van der Waals surface area contributed by atoms with Crippen molar-refractivity contribution in [2.75, 3.05) is 7.11 Å². The van der Waals surface area contributed by atoms with Crippen LogP contribution in [0.5, 0.6) is 17.2 Å². The summed E-state index contributed by atoms with van der Waals surface area (Å²) in [6, 6.07) is 12.2. The van der Waals surface area contributed by atoms with Gasteiger partial charge in [0.05, 0.1) is 23.2 Å². The Labute approximate surface area is 125 Å². The Hall–Kier alpha value is -3.58. The van der Waals surface area contributed by atoms with Crippen molar-refractivity contribution in [2.24, 2.45) is 0 Å². The Kier molecular flexibility index (Phi) is 4.21. The molecule has 2 aromatic carbocycles. The molecule has 0 saturated heterocycles. The van der Waals surface area contributed by atoms with Crippen molar-refractivity contribution >= 4 is 5.69 Å². The topological polar surface area (TPSA) is 109 Å². The van der Waals surface area contributed by atoms with Crippen LogP contribution in [0.2, 0.25) is 0 Å². The molecule has 0 radical (unpaired) electrons. The Morgan fingerprint density at radius 2 is 1.59 bits per heavy atom. The minimum Gasteiger partial charge on any atom is -0.497 e. The van der Waals surface area contributed by atoms with Gasteiger partial charge in [-0.15, -0.1) is 0 Å². The summed E-state index contributed by atoms with van der Waals surface area (Å²) in [5.74, 6) is 0.850. The van der Waals surface area contributed by atoms with Gasteiger partial charge >= 0.3 is 5.69 Å². The third-order valence-electron chi connectivity index (χ3n) is 2.82. The summed E-state index contributed by atoms with van der Waals surface area (Å²) in [7, 11) is 1.51. The minimum atomic E-state index is -0.666. The van der Waals surface area contributed by atoms with Gasteiger partial charge in [0.1, 0.15) is 23.6 Å². The van der Waals surface area contributed by atoms with Crippen LogP contribution in [0.1, 0.15) is 11.1 Å². The molecular weight excluding hydrogens is 286 g/mol. The van der Waals surface area contributed by atoms with Gasteiger partial charge in [0.25, 0.3) is 0 Å². The predicted octanol–water partition coefficient (Wildman–Crippen LogP) is 3.14. The molecule has 0 spiro atoms.